The summed E-state index contributed by atoms with van der Waals surface area (Å²) in [5, 5.41) is 56.3. The van der Waals surface area contributed by atoms with Crippen LogP contribution in [0, 0.1) is 63.5 Å². The Labute approximate surface area is 708 Å². The first-order valence-corrected chi connectivity index (χ1v) is 42.5. The van der Waals surface area contributed by atoms with E-state index in [1.165, 1.54) is 71.5 Å². The molecular weight excluding hydrogens is 1570 g/mol. The fraction of sp³-hybridized carbons (Fsp3) is 0.382. The fourth-order valence-corrected chi connectivity index (χ4v) is 16.8. The summed E-state index contributed by atoms with van der Waals surface area (Å²) in [6.07, 6.45) is 14.0. The third-order valence-electron chi connectivity index (χ3n) is 21.1. The molecule has 0 aromatic heterocycles. The van der Waals surface area contributed by atoms with Gasteiger partial charge in [0, 0.05) is 129 Å². The smallest absolute Gasteiger partial charge is 0.311 e. The Hall–Kier alpha value is -11.0. The van der Waals surface area contributed by atoms with Crippen molar-refractivity contribution in [1.82, 2.24) is 40.4 Å². The van der Waals surface area contributed by atoms with Gasteiger partial charge in [0.2, 0.25) is 0 Å². The molecule has 3 fully saturated rings. The van der Waals surface area contributed by atoms with Crippen LogP contribution in [0.4, 0.5) is 22.7 Å². The van der Waals surface area contributed by atoms with Crippen molar-refractivity contribution in [3.63, 3.8) is 0 Å². The van der Waals surface area contributed by atoms with E-state index < -0.39 is 14.8 Å². The molecule has 4 atom stereocenters. The second kappa shape index (κ2) is 45.8. The summed E-state index contributed by atoms with van der Waals surface area (Å²) in [4.78, 5) is 107. The van der Waals surface area contributed by atoms with Gasteiger partial charge in [-0.25, -0.2) is 0 Å². The third-order valence-corrected chi connectivity index (χ3v) is 24.3. The highest BCUT2D eigenvalue weighted by molar-refractivity contribution is 8.00. The van der Waals surface area contributed by atoms with Crippen molar-refractivity contribution in [2.24, 2.45) is 10.1 Å². The van der Waals surface area contributed by atoms with Gasteiger partial charge in [0.15, 0.2) is 5.75 Å². The van der Waals surface area contributed by atoms with Crippen LogP contribution in [0.15, 0.2) is 209 Å². The van der Waals surface area contributed by atoms with Gasteiger partial charge in [0.05, 0.1) is 43.4 Å². The summed E-state index contributed by atoms with van der Waals surface area (Å²) in [5.74, 6) is 1.63. The van der Waals surface area contributed by atoms with Crippen molar-refractivity contribution in [2.75, 3.05) is 98.2 Å². The molecule has 0 bridgehead atoms. The van der Waals surface area contributed by atoms with E-state index in [2.05, 4.69) is 72.4 Å². The number of aliphatic imine (C=N–C) groups is 1. The van der Waals surface area contributed by atoms with E-state index in [-0.39, 0.29) is 94.5 Å². The molecule has 8 aromatic carbocycles. The lowest BCUT2D eigenvalue weighted by atomic mass is 9.99. The number of nitrogens with one attached hydrogen (secondary N) is 3. The number of amides is 4. The number of carbonyl (C=O) groups is 4. The summed E-state index contributed by atoms with van der Waals surface area (Å²) < 4.78 is 5.72. The van der Waals surface area contributed by atoms with Crippen molar-refractivity contribution < 1.29 is 43.8 Å². The number of azide groups is 1. The van der Waals surface area contributed by atoms with Gasteiger partial charge >= 0.3 is 5.69 Å². The number of benzene rings is 8. The van der Waals surface area contributed by atoms with Crippen LogP contribution in [0.2, 0.25) is 0 Å². The number of carbonyl (C=O) groups excluding carboxylic acids is 4. The van der Waals surface area contributed by atoms with Crippen LogP contribution in [-0.4, -0.2) is 191 Å². The molecule has 0 saturated carbocycles. The van der Waals surface area contributed by atoms with E-state index in [0.29, 0.717) is 72.4 Å². The minimum absolute atomic E-state index is 0.0636. The molecular formula is C89H105N15O12S3. The Morgan fingerprint density at radius 2 is 1.03 bits per heavy atom. The first kappa shape index (κ1) is 91.9. The number of likely N-dealkylation sites (tertiary alicyclic amines) is 3. The number of likely N-dealkylation sites (N-methyl/N-ethyl adjacent to an activating group) is 4. The Balaban J connectivity index is 0.000000181. The number of nitrogens with zero attached hydrogens (tertiary/aromatic N) is 12. The van der Waals surface area contributed by atoms with Crippen LogP contribution in [0.1, 0.15) is 142 Å². The Kier molecular flexibility index (Phi) is 35.4. The zero-order valence-electron chi connectivity index (χ0n) is 68.6. The Bertz CT molecular complexity index is 4930. The highest BCUT2D eigenvalue weighted by atomic mass is 32.2. The lowest BCUT2D eigenvalue weighted by Crippen LogP contribution is -2.43. The Morgan fingerprint density at radius 1 is 0.597 bits per heavy atom. The summed E-state index contributed by atoms with van der Waals surface area (Å²) in [5.41, 5.74) is 15.5. The van der Waals surface area contributed by atoms with Gasteiger partial charge in [-0.15, -0.1) is 6.42 Å². The van der Waals surface area contributed by atoms with Crippen molar-refractivity contribution in [3.8, 4) is 18.1 Å². The van der Waals surface area contributed by atoms with Crippen LogP contribution in [0.5, 0.6) is 5.75 Å². The number of nitro groups is 3. The molecule has 4 N–H and O–H groups in total. The van der Waals surface area contributed by atoms with E-state index in [0.717, 1.165) is 120 Å². The van der Waals surface area contributed by atoms with Crippen molar-refractivity contribution in [3.05, 3.63) is 261 Å². The molecule has 4 aliphatic heterocycles. The standard InChI is InChI=1S/C24H28N4O4.C24H27N3O3S.C21H25N5OS.C20H25N3O4S/c1-3-27-12-4-5-20(27)14-25-23(29)18-8-11-22(21(13-18)28(30)31)32-15-17-6-9-19(10-7-17)24(2)16-26-24;1-4-14-26(17-20-7-6-15-25(20)5-2)24(28)19-10-13-23(22(16-19)27(29)30)31-21-11-8-18(3)9-12-21;1-3-26-12-4-5-17(26)14-23-21(27)16-8-11-20(19(13-16)24-25-22)28-18-9-6-15(2)7-10-18;1-3-22(12-13-24)11-10-21-20(25)16-6-9-19(18(14-16)23(26)27)28-17-7-4-15(2)5-8-17/h6-11,13,16,20H,3-5,12,14-15H2,1-2H3,(H,25,29);1,8-13,16,20H,5-7,14-15,17H2,2-3H3;6-11,13,17H,3-5,12,14H2,1-2H3,(H,23,27);4-9,14,24H,3,10-13H2,1-2H3,(H,21,25). The Morgan fingerprint density at radius 3 is 1.48 bits per heavy atom. The van der Waals surface area contributed by atoms with Crippen LogP contribution < -0.4 is 20.7 Å². The normalized spacial score (nSPS) is 16.6. The van der Waals surface area contributed by atoms with Gasteiger partial charge in [-0.05, 0) is 220 Å². The minimum Gasteiger partial charge on any atom is -0.482 e. The number of hydrogen-bond acceptors (Lipinski definition) is 21. The second-order valence-electron chi connectivity index (χ2n) is 29.3. The van der Waals surface area contributed by atoms with Crippen molar-refractivity contribution >= 4 is 87.9 Å². The molecule has 27 nitrogen and oxygen atoms in total. The van der Waals surface area contributed by atoms with E-state index in [1.54, 1.807) is 47.4 Å². The van der Waals surface area contributed by atoms with E-state index >= 15 is 0 Å². The maximum Gasteiger partial charge on any atom is 0.311 e. The van der Waals surface area contributed by atoms with Gasteiger partial charge in [-0.3, -0.25) is 74.1 Å². The fourth-order valence-electron chi connectivity index (χ4n) is 14.1. The molecule has 4 unspecified atom stereocenters. The van der Waals surface area contributed by atoms with Gasteiger partial charge in [0.1, 0.15) is 12.1 Å². The summed E-state index contributed by atoms with van der Waals surface area (Å²) in [7, 11) is 0. The summed E-state index contributed by atoms with van der Waals surface area (Å²) in [6, 6.07) is 51.3. The number of aryl methyl sites for hydroxylation is 3. The molecule has 4 amide bonds. The van der Waals surface area contributed by atoms with Gasteiger partial charge in [0.25, 0.3) is 35.0 Å². The average Bonchev–Trinajstić information content (AvgIpc) is 1.69. The molecule has 4 heterocycles. The zero-order valence-corrected chi connectivity index (χ0v) is 71.1. The molecule has 0 spiro atoms. The molecule has 3 saturated heterocycles. The number of hydrogen-bond donors (Lipinski definition) is 4. The zero-order chi connectivity index (χ0) is 85.5. The highest BCUT2D eigenvalue weighted by Crippen LogP contribution is 2.40. The molecule has 626 valence electrons. The van der Waals surface area contributed by atoms with Crippen molar-refractivity contribution in [1.29, 1.82) is 0 Å². The summed E-state index contributed by atoms with van der Waals surface area (Å²) in [6.45, 7) is 26.9. The topological polar surface area (TPSA) is 341 Å². The third kappa shape index (κ3) is 27.3. The first-order chi connectivity index (χ1) is 57.4. The predicted molar refractivity (Wildman–Crippen MR) is 469 cm³/mol. The largest absolute Gasteiger partial charge is 0.482 e. The van der Waals surface area contributed by atoms with E-state index in [9.17, 15) is 49.5 Å². The van der Waals surface area contributed by atoms with Crippen LogP contribution in [0.25, 0.3) is 10.4 Å². The van der Waals surface area contributed by atoms with Gasteiger partial charge < -0.3 is 30.7 Å². The van der Waals surface area contributed by atoms with Crippen molar-refractivity contribution in [2.45, 2.75) is 154 Å². The minimum atomic E-state index is -0.518. The number of nitro benzene ring substituents is 3. The van der Waals surface area contributed by atoms with Gasteiger partial charge in [-0.1, -0.05) is 151 Å². The SMILES string of the molecule is C#CCN(CC1CCCN1CC)C(=O)c1ccc(Sc2ccc(C)cc2)c([N+](=O)[O-])c1.CCN(CCO)CCNC(=O)c1ccc(Sc2ccc(C)cc2)c([N+](=O)[O-])c1.CCN1CCCC1CNC(=O)c1ccc(OCc2ccc(C3(C)C=N3)cc2)c([N+](=O)[O-])c1.CCN1CCCC1CNC(=O)c1ccc(Sc2ccc(C)cc2)c(N=[N+]=[N-])c1. The molecule has 4 aliphatic rings. The molecule has 119 heavy (non-hydrogen) atoms. The molecule has 0 radical (unpaired) electrons. The number of rotatable bonds is 34. The maximum atomic E-state index is 13.2. The van der Waals surface area contributed by atoms with Crippen LogP contribution in [0.3, 0.4) is 0 Å². The highest BCUT2D eigenvalue weighted by Gasteiger charge is 2.34. The number of aliphatic hydroxyl groups excluding tert-OH is 1. The first-order valence-electron chi connectivity index (χ1n) is 40.1. The molecule has 12 rings (SSSR count). The van der Waals surface area contributed by atoms with Crippen LogP contribution in [-0.2, 0) is 12.1 Å². The predicted octanol–water partition coefficient (Wildman–Crippen LogP) is 16.7. The lowest BCUT2D eigenvalue weighted by Gasteiger charge is -2.29. The van der Waals surface area contributed by atoms with E-state index in [1.807, 2.05) is 149 Å². The molecule has 8 aromatic rings. The molecule has 0 aliphatic carbocycles. The molecule has 30 heteroatoms. The average molecular weight is 1670 g/mol. The number of ether oxygens (including phenoxy) is 1. The van der Waals surface area contributed by atoms with E-state index in [4.69, 9.17) is 21.8 Å². The number of terminal acetylenes is 1. The van der Waals surface area contributed by atoms with Gasteiger partial charge in [-0.2, -0.15) is 0 Å². The van der Waals surface area contributed by atoms with Crippen LogP contribution >= 0.6 is 35.3 Å². The quantitative estimate of drug-likeness (QED) is 0.00727. The maximum absolute atomic E-state index is 13.2. The second-order valence-corrected chi connectivity index (χ2v) is 32.7. The summed E-state index contributed by atoms with van der Waals surface area (Å²) >= 11 is 4.13. The lowest BCUT2D eigenvalue weighted by molar-refractivity contribution is -0.387. The monoisotopic (exact) mass is 1670 g/mol. The number of aliphatic hydroxyl groups is 1.